The predicted molar refractivity (Wildman–Crippen MR) is 95.8 cm³/mol. The van der Waals surface area contributed by atoms with Gasteiger partial charge in [0.2, 0.25) is 5.67 Å². The fraction of sp³-hybridized carbons (Fsp3) is 0.500. The van der Waals surface area contributed by atoms with E-state index in [9.17, 15) is 23.6 Å². The molecule has 148 valence electrons. The monoisotopic (exact) mass is 388 g/mol. The van der Waals surface area contributed by atoms with E-state index >= 15 is 0 Å². The molecule has 1 aromatic rings. The van der Waals surface area contributed by atoms with Crippen LogP contribution in [0.2, 0.25) is 0 Å². The number of hydrogen-bond donors (Lipinski definition) is 1. The van der Waals surface area contributed by atoms with E-state index in [0.717, 1.165) is 37.0 Å². The van der Waals surface area contributed by atoms with Crippen LogP contribution in [0.15, 0.2) is 18.2 Å². The van der Waals surface area contributed by atoms with Gasteiger partial charge in [-0.25, -0.2) is 9.18 Å². The first-order chi connectivity index (χ1) is 13.3. The van der Waals surface area contributed by atoms with Crippen LogP contribution in [0.5, 0.6) is 0 Å². The summed E-state index contributed by atoms with van der Waals surface area (Å²) in [5.41, 5.74) is -1.83. The second-order valence-corrected chi connectivity index (χ2v) is 7.78. The molecular weight excluding hydrogens is 367 g/mol. The van der Waals surface area contributed by atoms with Crippen molar-refractivity contribution in [1.82, 2.24) is 9.80 Å². The van der Waals surface area contributed by atoms with E-state index in [2.05, 4.69) is 0 Å². The third-order valence-corrected chi connectivity index (χ3v) is 5.99. The molecule has 0 radical (unpaired) electrons. The number of carboxylic acids is 1. The van der Waals surface area contributed by atoms with Gasteiger partial charge >= 0.3 is 5.97 Å². The van der Waals surface area contributed by atoms with Crippen LogP contribution < -0.4 is 0 Å². The molecule has 2 heterocycles. The zero-order valence-corrected chi connectivity index (χ0v) is 15.3. The smallest absolute Gasteiger partial charge is 0.343 e. The fourth-order valence-corrected chi connectivity index (χ4v) is 4.37. The maximum absolute atomic E-state index is 14.3. The second kappa shape index (κ2) is 6.68. The molecule has 1 saturated heterocycles. The highest BCUT2D eigenvalue weighted by atomic mass is 19.1. The van der Waals surface area contributed by atoms with E-state index in [1.165, 1.54) is 23.1 Å². The molecule has 0 bridgehead atoms. The number of carboxylic acid groups (broad SMARTS) is 1. The van der Waals surface area contributed by atoms with Crippen LogP contribution in [0.1, 0.15) is 69.6 Å². The lowest BCUT2D eigenvalue weighted by Gasteiger charge is -2.29. The van der Waals surface area contributed by atoms with Crippen molar-refractivity contribution >= 4 is 23.7 Å². The second-order valence-electron chi connectivity index (χ2n) is 7.78. The number of imide groups is 1. The standard InChI is InChI=1S/C20H21FN2O5/c21-20(19(27)28)8-9-22(11-20)16(24)12-6-7-14-15(10-12)18(26)23(17(14)25)13-4-2-1-3-5-13/h6-7,10,13H,1-5,8-9,11H2,(H,27,28). The van der Waals surface area contributed by atoms with Crippen LogP contribution in [0.25, 0.3) is 0 Å². The Morgan fingerprint density at radius 2 is 1.75 bits per heavy atom. The average molecular weight is 388 g/mol. The Morgan fingerprint density at radius 1 is 1.07 bits per heavy atom. The van der Waals surface area contributed by atoms with Crippen molar-refractivity contribution in [3.63, 3.8) is 0 Å². The summed E-state index contributed by atoms with van der Waals surface area (Å²) in [4.78, 5) is 51.7. The third kappa shape index (κ3) is 2.87. The molecule has 0 spiro atoms. The number of amides is 3. The van der Waals surface area contributed by atoms with Crippen molar-refractivity contribution in [1.29, 1.82) is 0 Å². The van der Waals surface area contributed by atoms with E-state index < -0.39 is 30.0 Å². The minimum Gasteiger partial charge on any atom is -0.479 e. The number of likely N-dealkylation sites (tertiary alicyclic amines) is 1. The predicted octanol–water partition coefficient (Wildman–Crippen LogP) is 2.25. The number of carbonyl (C=O) groups is 4. The number of alkyl halides is 1. The summed E-state index contributed by atoms with van der Waals surface area (Å²) in [5.74, 6) is -2.85. The van der Waals surface area contributed by atoms with E-state index in [1.807, 2.05) is 0 Å². The Balaban J connectivity index is 1.57. The van der Waals surface area contributed by atoms with Gasteiger partial charge in [0.25, 0.3) is 17.7 Å². The van der Waals surface area contributed by atoms with Crippen molar-refractivity contribution in [2.24, 2.45) is 0 Å². The summed E-state index contributed by atoms with van der Waals surface area (Å²) >= 11 is 0. The SMILES string of the molecule is O=C(c1ccc2c(c1)C(=O)N(C1CCCCC1)C2=O)N1CCC(F)(C(=O)O)C1. The van der Waals surface area contributed by atoms with Crippen molar-refractivity contribution in [3.8, 4) is 0 Å². The van der Waals surface area contributed by atoms with E-state index in [4.69, 9.17) is 5.11 Å². The molecule has 3 aliphatic rings. The van der Waals surface area contributed by atoms with Crippen LogP contribution >= 0.6 is 0 Å². The van der Waals surface area contributed by atoms with E-state index in [1.54, 1.807) is 0 Å². The summed E-state index contributed by atoms with van der Waals surface area (Å²) in [5, 5.41) is 8.99. The summed E-state index contributed by atoms with van der Waals surface area (Å²) in [7, 11) is 0. The zero-order valence-electron chi connectivity index (χ0n) is 15.3. The molecule has 4 rings (SSSR count). The normalized spacial score (nSPS) is 25.3. The van der Waals surface area contributed by atoms with Crippen LogP contribution in [0.4, 0.5) is 4.39 Å². The minimum atomic E-state index is -2.45. The molecule has 1 unspecified atom stereocenters. The van der Waals surface area contributed by atoms with Gasteiger partial charge in [-0.1, -0.05) is 19.3 Å². The molecule has 28 heavy (non-hydrogen) atoms. The van der Waals surface area contributed by atoms with Crippen LogP contribution in [-0.4, -0.2) is 63.4 Å². The lowest BCUT2D eigenvalue weighted by Crippen LogP contribution is -2.40. The maximum Gasteiger partial charge on any atom is 0.343 e. The van der Waals surface area contributed by atoms with E-state index in [0.29, 0.717) is 0 Å². The first kappa shape index (κ1) is 18.6. The Morgan fingerprint density at radius 3 is 2.39 bits per heavy atom. The number of halogens is 1. The Labute approximate surface area is 161 Å². The average Bonchev–Trinajstić information content (AvgIpc) is 3.21. The molecule has 7 nitrogen and oxygen atoms in total. The van der Waals surface area contributed by atoms with Gasteiger partial charge in [0.1, 0.15) is 0 Å². The number of fused-ring (bicyclic) bond motifs is 1. The van der Waals surface area contributed by atoms with Gasteiger partial charge in [0, 0.05) is 24.6 Å². The lowest BCUT2D eigenvalue weighted by atomic mass is 9.94. The molecule has 1 aromatic carbocycles. The molecule has 8 heteroatoms. The summed E-state index contributed by atoms with van der Waals surface area (Å²) in [6.45, 7) is -0.543. The van der Waals surface area contributed by atoms with Crippen LogP contribution in [0.3, 0.4) is 0 Å². The molecule has 0 aromatic heterocycles. The fourth-order valence-electron chi connectivity index (χ4n) is 4.37. The van der Waals surface area contributed by atoms with Gasteiger partial charge in [-0.2, -0.15) is 0 Å². The molecular formula is C20H21FN2O5. The Kier molecular flexibility index (Phi) is 4.44. The molecule has 1 N–H and O–H groups in total. The minimum absolute atomic E-state index is 0.0141. The van der Waals surface area contributed by atoms with E-state index in [-0.39, 0.29) is 41.6 Å². The molecule has 1 saturated carbocycles. The highest BCUT2D eigenvalue weighted by Crippen LogP contribution is 2.32. The first-order valence-electron chi connectivity index (χ1n) is 9.55. The number of benzene rings is 1. The number of hydrogen-bond acceptors (Lipinski definition) is 4. The third-order valence-electron chi connectivity index (χ3n) is 5.99. The highest BCUT2D eigenvalue weighted by Gasteiger charge is 2.47. The van der Waals surface area contributed by atoms with Gasteiger partial charge in [-0.05, 0) is 31.0 Å². The summed E-state index contributed by atoms with van der Waals surface area (Å²) < 4.78 is 14.3. The Bertz CT molecular complexity index is 879. The largest absolute Gasteiger partial charge is 0.479 e. The number of carbonyl (C=O) groups excluding carboxylic acids is 3. The van der Waals surface area contributed by atoms with Gasteiger partial charge < -0.3 is 10.0 Å². The van der Waals surface area contributed by atoms with Gasteiger partial charge in [0.15, 0.2) is 0 Å². The number of aliphatic carboxylic acids is 1. The van der Waals surface area contributed by atoms with Gasteiger partial charge in [-0.15, -0.1) is 0 Å². The molecule has 2 aliphatic heterocycles. The lowest BCUT2D eigenvalue weighted by molar-refractivity contribution is -0.149. The van der Waals surface area contributed by atoms with Crippen LogP contribution in [-0.2, 0) is 4.79 Å². The van der Waals surface area contributed by atoms with Crippen molar-refractivity contribution in [3.05, 3.63) is 34.9 Å². The summed E-state index contributed by atoms with van der Waals surface area (Å²) in [6.07, 6.45) is 4.36. The molecule has 3 amide bonds. The van der Waals surface area contributed by atoms with Gasteiger partial charge in [0.05, 0.1) is 17.7 Å². The quantitative estimate of drug-likeness (QED) is 0.802. The van der Waals surface area contributed by atoms with Crippen molar-refractivity contribution in [2.75, 3.05) is 13.1 Å². The molecule has 1 aliphatic carbocycles. The maximum atomic E-state index is 14.3. The number of nitrogens with zero attached hydrogens (tertiary/aromatic N) is 2. The highest BCUT2D eigenvalue weighted by molar-refractivity contribution is 6.22. The number of rotatable bonds is 3. The first-order valence-corrected chi connectivity index (χ1v) is 9.55. The molecule has 2 fully saturated rings. The van der Waals surface area contributed by atoms with Crippen molar-refractivity contribution < 1.29 is 28.7 Å². The molecule has 1 atom stereocenters. The summed E-state index contributed by atoms with van der Waals surface area (Å²) in [6, 6.07) is 4.17. The Hall–Kier alpha value is -2.77. The zero-order chi connectivity index (χ0) is 20.1. The topological polar surface area (TPSA) is 95.0 Å². The van der Waals surface area contributed by atoms with Gasteiger partial charge in [-0.3, -0.25) is 19.3 Å². The van der Waals surface area contributed by atoms with Crippen molar-refractivity contribution in [2.45, 2.75) is 50.2 Å². The van der Waals surface area contributed by atoms with Crippen LogP contribution in [0, 0.1) is 0 Å².